The quantitative estimate of drug-likeness (QED) is 0.239. The Balaban J connectivity index is 1.35. The van der Waals surface area contributed by atoms with E-state index in [1.165, 1.54) is 16.3 Å². The number of para-hydroxylation sites is 1. The van der Waals surface area contributed by atoms with Gasteiger partial charge in [-0.2, -0.15) is 0 Å². The normalized spacial score (nSPS) is 12.2. The van der Waals surface area contributed by atoms with E-state index in [4.69, 9.17) is 19.2 Å². The second-order valence-corrected chi connectivity index (χ2v) is 9.20. The number of thioether (sulfide) groups is 1. The third kappa shape index (κ3) is 4.36. The molecule has 2 N–H and O–H groups in total. The summed E-state index contributed by atoms with van der Waals surface area (Å²) in [6.07, 6.45) is 0. The molecule has 6 rings (SSSR count). The van der Waals surface area contributed by atoms with Crippen LogP contribution in [0.5, 0.6) is 17.2 Å². The first-order chi connectivity index (χ1) is 18.1. The number of nitrogens with zero attached hydrogens (tertiary/aromatic N) is 2. The highest BCUT2D eigenvalue weighted by atomic mass is 32.2. The minimum absolute atomic E-state index is 0.0474. The second kappa shape index (κ2) is 9.55. The lowest BCUT2D eigenvalue weighted by atomic mass is 10.2. The SMILES string of the molecule is CCOc1ccc(-n2c(SCC(=O)Nc3ccc4c(c3)OCO4)nc3c([nH]c4ccccc43)c2=O)cc1. The maximum Gasteiger partial charge on any atom is 0.283 e. The molecule has 2 aromatic heterocycles. The van der Waals surface area contributed by atoms with Gasteiger partial charge in [0.2, 0.25) is 12.7 Å². The average Bonchev–Trinajstić information content (AvgIpc) is 3.53. The number of H-pyrrole nitrogens is 1. The van der Waals surface area contributed by atoms with Gasteiger partial charge in [0.1, 0.15) is 16.8 Å². The minimum atomic E-state index is -0.246. The molecular formula is C27H22N4O5S. The van der Waals surface area contributed by atoms with Crippen molar-refractivity contribution in [2.75, 3.05) is 24.5 Å². The molecule has 3 aromatic carbocycles. The number of ether oxygens (including phenoxy) is 3. The van der Waals surface area contributed by atoms with E-state index in [0.717, 1.165) is 10.9 Å². The van der Waals surface area contributed by atoms with Crippen LogP contribution in [0.2, 0.25) is 0 Å². The molecule has 0 unspecified atom stereocenters. The Morgan fingerprint density at radius 3 is 2.76 bits per heavy atom. The molecule has 1 aliphatic heterocycles. The zero-order valence-corrected chi connectivity index (χ0v) is 20.6. The fourth-order valence-electron chi connectivity index (χ4n) is 4.23. The Bertz CT molecular complexity index is 1690. The summed E-state index contributed by atoms with van der Waals surface area (Å²) in [4.78, 5) is 34.5. The van der Waals surface area contributed by atoms with Gasteiger partial charge in [-0.25, -0.2) is 4.98 Å². The van der Waals surface area contributed by atoms with Gasteiger partial charge in [-0.1, -0.05) is 30.0 Å². The molecule has 9 nitrogen and oxygen atoms in total. The van der Waals surface area contributed by atoms with Crippen LogP contribution >= 0.6 is 11.8 Å². The highest BCUT2D eigenvalue weighted by molar-refractivity contribution is 7.99. The molecule has 0 aliphatic carbocycles. The maximum absolute atomic E-state index is 13.7. The van der Waals surface area contributed by atoms with Gasteiger partial charge in [0.25, 0.3) is 5.56 Å². The van der Waals surface area contributed by atoms with Gasteiger partial charge in [-0.3, -0.25) is 14.2 Å². The fourth-order valence-corrected chi connectivity index (χ4v) is 5.03. The first-order valence-corrected chi connectivity index (χ1v) is 12.7. The van der Waals surface area contributed by atoms with Crippen LogP contribution in [0.25, 0.3) is 27.6 Å². The van der Waals surface area contributed by atoms with Crippen LogP contribution in [0.15, 0.2) is 76.7 Å². The summed E-state index contributed by atoms with van der Waals surface area (Å²) in [7, 11) is 0. The van der Waals surface area contributed by atoms with E-state index in [0.29, 0.717) is 51.4 Å². The molecule has 0 radical (unpaired) electrons. The van der Waals surface area contributed by atoms with Crippen molar-refractivity contribution in [3.63, 3.8) is 0 Å². The Labute approximate surface area is 215 Å². The predicted molar refractivity (Wildman–Crippen MR) is 142 cm³/mol. The van der Waals surface area contributed by atoms with Crippen molar-refractivity contribution < 1.29 is 19.0 Å². The number of aromatic amines is 1. The number of carbonyl (C=O) groups is 1. The van der Waals surface area contributed by atoms with E-state index >= 15 is 0 Å². The van der Waals surface area contributed by atoms with E-state index in [9.17, 15) is 9.59 Å². The van der Waals surface area contributed by atoms with Crippen molar-refractivity contribution in [1.82, 2.24) is 14.5 Å². The molecule has 0 atom stereocenters. The van der Waals surface area contributed by atoms with Gasteiger partial charge < -0.3 is 24.5 Å². The lowest BCUT2D eigenvalue weighted by Crippen LogP contribution is -2.23. The Hall–Kier alpha value is -4.44. The number of fused-ring (bicyclic) bond motifs is 4. The van der Waals surface area contributed by atoms with Crippen LogP contribution in [0.1, 0.15) is 6.92 Å². The number of aromatic nitrogens is 3. The van der Waals surface area contributed by atoms with Gasteiger partial charge in [-0.15, -0.1) is 0 Å². The summed E-state index contributed by atoms with van der Waals surface area (Å²) in [5.41, 5.74) is 2.77. The summed E-state index contributed by atoms with van der Waals surface area (Å²) < 4.78 is 17.8. The number of hydrogen-bond donors (Lipinski definition) is 2. The molecule has 0 fully saturated rings. The number of benzene rings is 3. The van der Waals surface area contributed by atoms with Gasteiger partial charge in [0.05, 0.1) is 18.0 Å². The second-order valence-electron chi connectivity index (χ2n) is 8.26. The smallest absolute Gasteiger partial charge is 0.283 e. The van der Waals surface area contributed by atoms with Crippen LogP contribution < -0.4 is 25.1 Å². The Morgan fingerprint density at radius 1 is 1.11 bits per heavy atom. The number of nitrogens with one attached hydrogen (secondary N) is 2. The molecule has 0 bridgehead atoms. The average molecular weight is 515 g/mol. The van der Waals surface area contributed by atoms with Crippen LogP contribution in [-0.2, 0) is 4.79 Å². The van der Waals surface area contributed by atoms with Crippen LogP contribution in [0.4, 0.5) is 5.69 Å². The van der Waals surface area contributed by atoms with Crippen molar-refractivity contribution in [3.8, 4) is 22.9 Å². The van der Waals surface area contributed by atoms with Gasteiger partial charge in [0.15, 0.2) is 16.7 Å². The van der Waals surface area contributed by atoms with Crippen LogP contribution in [-0.4, -0.2) is 39.6 Å². The third-order valence-electron chi connectivity index (χ3n) is 5.89. The number of carbonyl (C=O) groups excluding carboxylic acids is 1. The number of anilines is 1. The molecule has 186 valence electrons. The van der Waals surface area contributed by atoms with Crippen molar-refractivity contribution in [3.05, 3.63) is 77.1 Å². The van der Waals surface area contributed by atoms with Gasteiger partial charge in [-0.05, 0) is 49.4 Å². The first-order valence-electron chi connectivity index (χ1n) is 11.7. The standard InChI is InChI=1S/C27H22N4O5S/c1-2-34-18-10-8-17(9-11-18)31-26(33)25-24(19-5-3-4-6-20(19)29-25)30-27(31)37-14-23(32)28-16-7-12-21-22(13-16)36-15-35-21/h3-13,29H,2,14-15H2,1H3,(H,28,32). The maximum atomic E-state index is 13.7. The molecule has 1 aliphatic rings. The van der Waals surface area contributed by atoms with E-state index in [-0.39, 0.29) is 24.0 Å². The minimum Gasteiger partial charge on any atom is -0.494 e. The van der Waals surface area contributed by atoms with Crippen molar-refractivity contribution in [2.24, 2.45) is 0 Å². The molecular weight excluding hydrogens is 492 g/mol. The molecule has 0 saturated heterocycles. The third-order valence-corrected chi connectivity index (χ3v) is 6.83. The summed E-state index contributed by atoms with van der Waals surface area (Å²) in [5, 5.41) is 4.12. The number of hydrogen-bond acceptors (Lipinski definition) is 7. The Morgan fingerprint density at radius 2 is 1.92 bits per heavy atom. The molecule has 37 heavy (non-hydrogen) atoms. The van der Waals surface area contributed by atoms with Crippen molar-refractivity contribution in [1.29, 1.82) is 0 Å². The van der Waals surface area contributed by atoms with Gasteiger partial charge in [0, 0.05) is 22.7 Å². The summed E-state index contributed by atoms with van der Waals surface area (Å²) in [6, 6.07) is 20.1. The monoisotopic (exact) mass is 514 g/mol. The fraction of sp³-hybridized carbons (Fsp3) is 0.148. The van der Waals surface area contributed by atoms with Crippen molar-refractivity contribution in [2.45, 2.75) is 12.1 Å². The molecule has 3 heterocycles. The lowest BCUT2D eigenvalue weighted by molar-refractivity contribution is -0.113. The van der Waals surface area contributed by atoms with E-state index in [2.05, 4.69) is 10.3 Å². The number of rotatable bonds is 7. The van der Waals surface area contributed by atoms with E-state index in [1.54, 1.807) is 30.3 Å². The molecule has 0 spiro atoms. The highest BCUT2D eigenvalue weighted by Crippen LogP contribution is 2.34. The highest BCUT2D eigenvalue weighted by Gasteiger charge is 2.19. The summed E-state index contributed by atoms with van der Waals surface area (Å²) >= 11 is 1.19. The summed E-state index contributed by atoms with van der Waals surface area (Å²) in [6.45, 7) is 2.62. The zero-order chi connectivity index (χ0) is 25.4. The summed E-state index contributed by atoms with van der Waals surface area (Å²) in [5.74, 6) is 1.74. The lowest BCUT2D eigenvalue weighted by Gasteiger charge is -2.13. The van der Waals surface area contributed by atoms with Crippen molar-refractivity contribution >= 4 is 45.3 Å². The van der Waals surface area contributed by atoms with Gasteiger partial charge >= 0.3 is 0 Å². The largest absolute Gasteiger partial charge is 0.494 e. The van der Waals surface area contributed by atoms with Crippen LogP contribution in [0.3, 0.4) is 0 Å². The predicted octanol–water partition coefficient (Wildman–Crippen LogP) is 4.73. The Kier molecular flexibility index (Phi) is 5.93. The van der Waals surface area contributed by atoms with Crippen LogP contribution in [0, 0.1) is 0 Å². The molecule has 1 amide bonds. The molecule has 0 saturated carbocycles. The van der Waals surface area contributed by atoms with E-state index in [1.807, 2.05) is 43.3 Å². The molecule has 5 aromatic rings. The van der Waals surface area contributed by atoms with E-state index < -0.39 is 0 Å². The first kappa shape index (κ1) is 23.0. The molecule has 10 heteroatoms. The topological polar surface area (TPSA) is 107 Å². The number of amides is 1. The zero-order valence-electron chi connectivity index (χ0n) is 19.8.